The van der Waals surface area contributed by atoms with Crippen molar-refractivity contribution in [1.29, 1.82) is 0 Å². The summed E-state index contributed by atoms with van der Waals surface area (Å²) in [6.07, 6.45) is 3.73. The van der Waals surface area contributed by atoms with E-state index in [4.69, 9.17) is 46.5 Å². The van der Waals surface area contributed by atoms with Gasteiger partial charge in [0.05, 0.1) is 63.4 Å². The fraction of sp³-hybridized carbons (Fsp3) is 0.631. The number of anilines is 4. The third-order valence-corrected chi connectivity index (χ3v) is 34.7. The van der Waals surface area contributed by atoms with E-state index in [1.165, 1.54) is 81.4 Å². The number of amides is 6. The summed E-state index contributed by atoms with van der Waals surface area (Å²) in [6.45, 7) is 34.4. The third kappa shape index (κ3) is 25.4. The smallest absolute Gasteiger partial charge is 0.247 e. The largest absolute Gasteiger partial charge is 0.497 e. The lowest BCUT2D eigenvalue weighted by atomic mass is 9.88. The van der Waals surface area contributed by atoms with Crippen LogP contribution in [0, 0.1) is 0 Å². The van der Waals surface area contributed by atoms with Gasteiger partial charge in [0.15, 0.2) is 39.3 Å². The van der Waals surface area contributed by atoms with Gasteiger partial charge in [0.2, 0.25) is 59.0 Å². The van der Waals surface area contributed by atoms with Crippen molar-refractivity contribution in [3.63, 3.8) is 0 Å². The summed E-state index contributed by atoms with van der Waals surface area (Å²) < 4.78 is 150. The van der Waals surface area contributed by atoms with E-state index in [9.17, 15) is 67.2 Å². The molecule has 10 rings (SSSR count). The molecule has 0 aliphatic carbocycles. The Labute approximate surface area is 727 Å². The van der Waals surface area contributed by atoms with Gasteiger partial charge in [0.25, 0.3) is 0 Å². The molecule has 0 spiro atoms. The van der Waals surface area contributed by atoms with Crippen molar-refractivity contribution >= 4 is 105 Å². The fourth-order valence-corrected chi connectivity index (χ4v) is 21.2. The van der Waals surface area contributed by atoms with Crippen LogP contribution in [0.4, 0.5) is 23.5 Å². The second-order valence-corrected chi connectivity index (χ2v) is 46.8. The summed E-state index contributed by atoms with van der Waals surface area (Å²) in [7, 11) is -11.7. The van der Waals surface area contributed by atoms with Gasteiger partial charge in [-0.1, -0.05) is 86.4 Å². The number of nitrogens with zero attached hydrogens (tertiary/aromatic N) is 5. The molecular weight excluding hydrogens is 1690 g/mol. The number of hydrogen-bond donors (Lipinski definition) is 6. The van der Waals surface area contributed by atoms with Gasteiger partial charge in [-0.2, -0.15) is 0 Å². The van der Waals surface area contributed by atoms with E-state index < -0.39 is 119 Å². The lowest BCUT2D eigenvalue weighted by molar-refractivity contribution is -0.130. The van der Waals surface area contributed by atoms with Gasteiger partial charge < -0.3 is 66.8 Å². The van der Waals surface area contributed by atoms with Gasteiger partial charge >= 0.3 is 0 Å². The SMILES string of the molecule is CC(=O)NCC(C)(C)c1cc(NC(=O)C(C)(C)S(=O)(=O)C2CCOCC2)on1.CC(C)(C=O)c1cc(NC(=O)C(C)(C)S(=O)(=O)C2CCOCC2)on1.COc1ccc(CN(CC(C)(C)c2cc(NC(=O)C(C)(C)S(=O)(=O)C3CCOCC3)on2)C(C)=O)cc1.COc1ccc(CNCC(C)(C)c2cc(NC(=O)C(C)(C)S(=O)(=O)C3CCOCC3)on2)cc1. The van der Waals surface area contributed by atoms with Gasteiger partial charge in [-0.15, -0.1) is 0 Å². The third-order valence-electron chi connectivity index (χ3n) is 22.9. The minimum atomic E-state index is -3.77. The molecule has 36 nitrogen and oxygen atoms in total. The molecule has 4 aromatic heterocycles. The first kappa shape index (κ1) is 102. The van der Waals surface area contributed by atoms with E-state index in [0.717, 1.165) is 28.9 Å². The normalized spacial score (nSPS) is 16.1. The molecule has 690 valence electrons. The van der Waals surface area contributed by atoms with Crippen LogP contribution < -0.4 is 41.4 Å². The van der Waals surface area contributed by atoms with E-state index in [1.54, 1.807) is 45.1 Å². The van der Waals surface area contributed by atoms with Crippen molar-refractivity contribution in [3.05, 3.63) is 107 Å². The highest BCUT2D eigenvalue weighted by Crippen LogP contribution is 2.37. The van der Waals surface area contributed by atoms with Crippen molar-refractivity contribution in [2.75, 3.05) is 108 Å². The number of aldehydes is 1. The van der Waals surface area contributed by atoms with Crippen molar-refractivity contribution < 1.29 is 114 Å². The van der Waals surface area contributed by atoms with E-state index in [2.05, 4.69) is 52.5 Å². The van der Waals surface area contributed by atoms with Gasteiger partial charge in [-0.05, 0) is 156 Å². The Hall–Kier alpha value is -9.03. The number of nitrogens with one attached hydrogen (secondary N) is 6. The monoisotopic (exact) mass is 1820 g/mol. The molecule has 0 unspecified atom stereocenters. The molecule has 4 fully saturated rings. The maximum absolute atomic E-state index is 13.2. The lowest BCUT2D eigenvalue weighted by Gasteiger charge is -2.31. The topological polar surface area (TPSA) is 491 Å². The number of aromatic nitrogens is 4. The van der Waals surface area contributed by atoms with Crippen LogP contribution in [0.5, 0.6) is 11.5 Å². The molecule has 6 amide bonds. The zero-order chi connectivity index (χ0) is 92.5. The molecule has 6 N–H and O–H groups in total. The summed E-state index contributed by atoms with van der Waals surface area (Å²) in [4.78, 5) is 87.6. The van der Waals surface area contributed by atoms with Gasteiger partial charge in [-0.3, -0.25) is 50.0 Å². The first-order chi connectivity index (χ1) is 57.6. The first-order valence-corrected chi connectivity index (χ1v) is 47.2. The van der Waals surface area contributed by atoms with Crippen LogP contribution >= 0.6 is 0 Å². The van der Waals surface area contributed by atoms with Crippen LogP contribution in [0.1, 0.15) is 210 Å². The zero-order valence-electron chi connectivity index (χ0n) is 74.7. The number of ether oxygens (including phenoxy) is 6. The second-order valence-electron chi connectivity index (χ2n) is 35.7. The zero-order valence-corrected chi connectivity index (χ0v) is 78.0. The summed E-state index contributed by atoms with van der Waals surface area (Å²) >= 11 is 0. The molecule has 4 aliphatic heterocycles. The molecule has 0 atom stereocenters. The maximum Gasteiger partial charge on any atom is 0.247 e. The van der Waals surface area contributed by atoms with Crippen molar-refractivity contribution in [1.82, 2.24) is 36.2 Å². The summed E-state index contributed by atoms with van der Waals surface area (Å²) in [6, 6.07) is 21.5. The molecule has 6 aromatic rings. The Morgan fingerprint density at radius 2 is 0.685 bits per heavy atom. The molecule has 8 heterocycles. The molecule has 0 saturated carbocycles. The summed E-state index contributed by atoms with van der Waals surface area (Å²) in [5, 5.41) is 29.8. The summed E-state index contributed by atoms with van der Waals surface area (Å²) in [5.74, 6) is -1.19. The molecule has 4 saturated heterocycles. The van der Waals surface area contributed by atoms with E-state index in [1.807, 2.05) is 90.1 Å². The molecule has 4 aliphatic rings. The van der Waals surface area contributed by atoms with E-state index in [-0.39, 0.29) is 40.8 Å². The molecule has 40 heteroatoms. The standard InChI is InChI=1S/C26H37N3O7S.C24H35N3O6S.C18H29N3O6S.C16H24N2O6S/c1-18(30)29(16-19-7-9-20(34-6)10-8-19)17-25(2,3)22-15-23(36-28-22)27-24(31)26(4,5)37(32,33)21-11-13-35-14-12-21;1-23(2,16-25-15-17-6-8-18(31-5)9-7-17)20-14-21(33-27-20)26-22(28)24(3,4)34(29,30)19-10-12-32-13-11-19;1-12(22)19-11-17(2,3)14-10-15(27-21-14)20-16(23)18(4,5)28(24,25)13-6-8-26-9-7-13;1-15(2,10-19)12-9-13(24-18-12)17-14(20)16(3,4)25(21,22)11-5-7-23-8-6-11/h7-10,15,21H,11-14,16-17H2,1-6H3,(H,27,31);6-9,14,19,25H,10-13,15-16H2,1-5H3,(H,26,28);10,13H,6-9,11H2,1-5H3,(H,19,22)(H,20,23);9-11H,5-8H2,1-4H3,(H,17,20). The van der Waals surface area contributed by atoms with Crippen LogP contribution in [-0.2, 0) is 127 Å². The van der Waals surface area contributed by atoms with Gasteiger partial charge in [0.1, 0.15) is 36.8 Å². The second kappa shape index (κ2) is 42.1. The number of sulfone groups is 4. The Balaban J connectivity index is 0.000000230. The molecular formula is C84H125N11O25S4. The Bertz CT molecular complexity index is 5080. The van der Waals surface area contributed by atoms with E-state index >= 15 is 0 Å². The van der Waals surface area contributed by atoms with Crippen molar-refractivity contribution in [3.8, 4) is 11.5 Å². The average Bonchev–Trinajstić information content (AvgIpc) is 0.890. The molecule has 124 heavy (non-hydrogen) atoms. The van der Waals surface area contributed by atoms with E-state index in [0.29, 0.717) is 160 Å². The highest BCUT2D eigenvalue weighted by atomic mass is 32.2. The van der Waals surface area contributed by atoms with Crippen molar-refractivity contribution in [2.24, 2.45) is 0 Å². The Morgan fingerprint density at radius 1 is 0.411 bits per heavy atom. The number of hydrogen-bond acceptors (Lipinski definition) is 30. The predicted molar refractivity (Wildman–Crippen MR) is 464 cm³/mol. The number of benzene rings is 2. The highest BCUT2D eigenvalue weighted by molar-refractivity contribution is 7.95. The average molecular weight is 1820 g/mol. The van der Waals surface area contributed by atoms with Crippen LogP contribution in [0.25, 0.3) is 0 Å². The summed E-state index contributed by atoms with van der Waals surface area (Å²) in [5.41, 5.74) is 1.73. The highest BCUT2D eigenvalue weighted by Gasteiger charge is 2.51. The Morgan fingerprint density at radius 3 is 0.968 bits per heavy atom. The first-order valence-electron chi connectivity index (χ1n) is 41.0. The molecule has 0 bridgehead atoms. The minimum Gasteiger partial charge on any atom is -0.497 e. The fourth-order valence-electron chi connectivity index (χ4n) is 13.4. The quantitative estimate of drug-likeness (QED) is 0.0209. The molecule has 0 radical (unpaired) electrons. The lowest BCUT2D eigenvalue weighted by Crippen LogP contribution is -2.50. The number of rotatable bonds is 33. The molecule has 2 aromatic carbocycles. The van der Waals surface area contributed by atoms with Crippen molar-refractivity contribution in [2.45, 2.75) is 251 Å². The van der Waals surface area contributed by atoms with Crippen LogP contribution in [0.15, 0.2) is 90.9 Å². The minimum absolute atomic E-state index is 0.00479. The maximum atomic E-state index is 13.2. The number of carbonyl (C=O) groups is 7. The van der Waals surface area contributed by atoms with Crippen LogP contribution in [-0.4, -0.2) is 228 Å². The predicted octanol–water partition coefficient (Wildman–Crippen LogP) is 9.24. The van der Waals surface area contributed by atoms with Gasteiger partial charge in [0, 0.05) is 140 Å². The Kier molecular flexibility index (Phi) is 34.6. The van der Waals surface area contributed by atoms with Crippen LogP contribution in [0.3, 0.4) is 0 Å². The van der Waals surface area contributed by atoms with Crippen LogP contribution in [0.2, 0.25) is 0 Å². The van der Waals surface area contributed by atoms with Gasteiger partial charge in [-0.25, -0.2) is 33.7 Å². The number of methoxy groups -OCH3 is 2. The number of carbonyl (C=O) groups excluding carboxylic acids is 7.